The van der Waals surface area contributed by atoms with Crippen molar-refractivity contribution in [2.45, 2.75) is 0 Å². The maximum atomic E-state index is 12.1. The Morgan fingerprint density at radius 3 is 2.52 bits per heavy atom. The van der Waals surface area contributed by atoms with Gasteiger partial charge in [-0.15, -0.1) is 0 Å². The average molecular weight is 404 g/mol. The molecule has 25 heavy (non-hydrogen) atoms. The molecule has 0 aromatic heterocycles. The molecule has 0 unspecified atom stereocenters. The van der Waals surface area contributed by atoms with Crippen molar-refractivity contribution in [2.24, 2.45) is 0 Å². The number of halogens is 3. The lowest BCUT2D eigenvalue weighted by atomic mass is 10.2. The van der Waals surface area contributed by atoms with Gasteiger partial charge in [0.05, 0.1) is 28.5 Å². The fraction of sp³-hybridized carbons (Fsp3) is 0.125. The van der Waals surface area contributed by atoms with Crippen molar-refractivity contribution in [2.75, 3.05) is 24.8 Å². The number of hydrogen-bond donors (Lipinski definition) is 2. The molecule has 0 spiro atoms. The van der Waals surface area contributed by atoms with E-state index in [1.54, 1.807) is 6.07 Å². The molecular formula is C16H13Cl3N2O4. The average Bonchev–Trinajstić information content (AvgIpc) is 2.58. The summed E-state index contributed by atoms with van der Waals surface area (Å²) in [4.78, 5) is 24.1. The number of rotatable bonds is 5. The molecule has 0 atom stereocenters. The van der Waals surface area contributed by atoms with E-state index in [1.165, 1.54) is 31.4 Å². The number of amides is 1. The Kier molecular flexibility index (Phi) is 6.36. The third kappa shape index (κ3) is 4.92. The van der Waals surface area contributed by atoms with E-state index in [0.717, 1.165) is 0 Å². The predicted molar refractivity (Wildman–Crippen MR) is 97.8 cm³/mol. The number of hydrogen-bond acceptors (Lipinski definition) is 5. The summed E-state index contributed by atoms with van der Waals surface area (Å²) in [5, 5.41) is 3.37. The van der Waals surface area contributed by atoms with Gasteiger partial charge in [0.15, 0.2) is 6.61 Å². The molecule has 0 heterocycles. The second-order valence-corrected chi connectivity index (χ2v) is 6.07. The number of esters is 1. The van der Waals surface area contributed by atoms with Gasteiger partial charge in [-0.2, -0.15) is 0 Å². The number of carbonyl (C=O) groups excluding carboxylic acids is 2. The van der Waals surface area contributed by atoms with Crippen molar-refractivity contribution in [1.29, 1.82) is 0 Å². The molecule has 132 valence electrons. The molecule has 2 aromatic carbocycles. The van der Waals surface area contributed by atoms with Gasteiger partial charge in [0.2, 0.25) is 0 Å². The van der Waals surface area contributed by atoms with Crippen LogP contribution in [-0.2, 0) is 9.53 Å². The highest BCUT2D eigenvalue weighted by atomic mass is 35.5. The molecule has 9 heteroatoms. The smallest absolute Gasteiger partial charge is 0.342 e. The zero-order chi connectivity index (χ0) is 18.6. The lowest BCUT2D eigenvalue weighted by molar-refractivity contribution is -0.119. The van der Waals surface area contributed by atoms with Gasteiger partial charge in [0.25, 0.3) is 5.91 Å². The summed E-state index contributed by atoms with van der Waals surface area (Å²) >= 11 is 17.7. The van der Waals surface area contributed by atoms with Gasteiger partial charge >= 0.3 is 5.97 Å². The fourth-order valence-corrected chi connectivity index (χ4v) is 2.39. The quantitative estimate of drug-likeness (QED) is 0.581. The zero-order valence-electron chi connectivity index (χ0n) is 12.9. The van der Waals surface area contributed by atoms with Crippen LogP contribution in [0.2, 0.25) is 15.1 Å². The number of nitrogen functional groups attached to an aromatic ring is 1. The van der Waals surface area contributed by atoms with Crippen molar-refractivity contribution in [3.8, 4) is 5.75 Å². The van der Waals surface area contributed by atoms with E-state index in [9.17, 15) is 9.59 Å². The van der Waals surface area contributed by atoms with Crippen molar-refractivity contribution >= 4 is 58.1 Å². The number of anilines is 2. The van der Waals surface area contributed by atoms with Crippen LogP contribution in [0.4, 0.5) is 11.4 Å². The maximum Gasteiger partial charge on any atom is 0.342 e. The molecule has 0 bridgehead atoms. The summed E-state index contributed by atoms with van der Waals surface area (Å²) < 4.78 is 10.0. The van der Waals surface area contributed by atoms with Crippen LogP contribution in [0.15, 0.2) is 30.3 Å². The minimum Gasteiger partial charge on any atom is -0.496 e. The first-order valence-electron chi connectivity index (χ1n) is 6.87. The van der Waals surface area contributed by atoms with Gasteiger partial charge in [0, 0.05) is 11.1 Å². The van der Waals surface area contributed by atoms with Crippen LogP contribution in [0.5, 0.6) is 5.75 Å². The van der Waals surface area contributed by atoms with Crippen LogP contribution in [0.25, 0.3) is 0 Å². The Balaban J connectivity index is 2.03. The third-order valence-corrected chi connectivity index (χ3v) is 3.97. The van der Waals surface area contributed by atoms with Crippen LogP contribution < -0.4 is 15.8 Å². The fourth-order valence-electron chi connectivity index (χ4n) is 1.89. The van der Waals surface area contributed by atoms with Crippen LogP contribution in [-0.4, -0.2) is 25.6 Å². The highest BCUT2D eigenvalue weighted by molar-refractivity contribution is 6.35. The molecule has 0 radical (unpaired) electrons. The summed E-state index contributed by atoms with van der Waals surface area (Å²) in [6.07, 6.45) is 0. The molecule has 2 aromatic rings. The van der Waals surface area contributed by atoms with E-state index in [-0.39, 0.29) is 22.0 Å². The van der Waals surface area contributed by atoms with Crippen LogP contribution in [0, 0.1) is 0 Å². The Morgan fingerprint density at radius 2 is 1.84 bits per heavy atom. The van der Waals surface area contributed by atoms with Gasteiger partial charge in [-0.25, -0.2) is 4.79 Å². The Bertz CT molecular complexity index is 827. The first-order chi connectivity index (χ1) is 11.8. The van der Waals surface area contributed by atoms with Crippen molar-refractivity contribution in [1.82, 2.24) is 0 Å². The van der Waals surface area contributed by atoms with Crippen LogP contribution in [0.3, 0.4) is 0 Å². The molecule has 3 N–H and O–H groups in total. The number of nitrogens with two attached hydrogens (primary N) is 1. The first-order valence-corrected chi connectivity index (χ1v) is 8.00. The molecular weight excluding hydrogens is 391 g/mol. The zero-order valence-corrected chi connectivity index (χ0v) is 15.2. The number of carbonyl (C=O) groups is 2. The second-order valence-electron chi connectivity index (χ2n) is 4.82. The summed E-state index contributed by atoms with van der Waals surface area (Å²) in [5.74, 6) is -1.19. The van der Waals surface area contributed by atoms with Crippen molar-refractivity contribution in [3.05, 3.63) is 51.0 Å². The molecule has 0 aliphatic rings. The number of benzene rings is 2. The van der Waals surface area contributed by atoms with E-state index in [4.69, 9.17) is 50.0 Å². The van der Waals surface area contributed by atoms with E-state index in [2.05, 4.69) is 5.32 Å². The Morgan fingerprint density at radius 1 is 1.12 bits per heavy atom. The van der Waals surface area contributed by atoms with E-state index in [0.29, 0.717) is 15.7 Å². The first kappa shape index (κ1) is 19.2. The molecule has 0 saturated carbocycles. The maximum absolute atomic E-state index is 12.1. The van der Waals surface area contributed by atoms with Crippen LogP contribution >= 0.6 is 34.8 Å². The van der Waals surface area contributed by atoms with E-state index >= 15 is 0 Å². The Hall–Kier alpha value is -2.15. The molecule has 1 amide bonds. The topological polar surface area (TPSA) is 90.7 Å². The standard InChI is InChI=1S/C16H13Cl3N2O4/c1-24-14-6-12(20)11(19)5-9(14)16(23)25-7-15(22)21-13-4-8(17)2-3-10(13)18/h2-6H,7,20H2,1H3,(H,21,22). The molecule has 0 fully saturated rings. The predicted octanol–water partition coefficient (Wildman–Crippen LogP) is 4.03. The van der Waals surface area contributed by atoms with Gasteiger partial charge in [0.1, 0.15) is 11.3 Å². The Labute approximate surface area is 158 Å². The third-order valence-electron chi connectivity index (χ3n) is 3.08. The van der Waals surface area contributed by atoms with Gasteiger partial charge in [-0.3, -0.25) is 4.79 Å². The molecule has 0 aliphatic carbocycles. The number of methoxy groups -OCH3 is 1. The summed E-state index contributed by atoms with van der Waals surface area (Å²) in [6, 6.07) is 7.30. The SMILES string of the molecule is COc1cc(N)c(Cl)cc1C(=O)OCC(=O)Nc1cc(Cl)ccc1Cl. The van der Waals surface area contributed by atoms with Crippen molar-refractivity contribution in [3.63, 3.8) is 0 Å². The normalized spacial score (nSPS) is 10.2. The molecule has 6 nitrogen and oxygen atoms in total. The lowest BCUT2D eigenvalue weighted by Crippen LogP contribution is -2.21. The van der Waals surface area contributed by atoms with E-state index in [1.807, 2.05) is 0 Å². The lowest BCUT2D eigenvalue weighted by Gasteiger charge is -2.11. The molecule has 2 rings (SSSR count). The van der Waals surface area contributed by atoms with Crippen LogP contribution in [0.1, 0.15) is 10.4 Å². The summed E-state index contributed by atoms with van der Waals surface area (Å²) in [6.45, 7) is -0.535. The monoisotopic (exact) mass is 402 g/mol. The summed E-state index contributed by atoms with van der Waals surface area (Å²) in [7, 11) is 1.37. The summed E-state index contributed by atoms with van der Waals surface area (Å²) in [5.41, 5.74) is 6.26. The second kappa shape index (κ2) is 8.29. The van der Waals surface area contributed by atoms with Crippen molar-refractivity contribution < 1.29 is 19.1 Å². The highest BCUT2D eigenvalue weighted by Gasteiger charge is 2.18. The largest absolute Gasteiger partial charge is 0.496 e. The molecule has 0 aliphatic heterocycles. The number of ether oxygens (including phenoxy) is 2. The van der Waals surface area contributed by atoms with Gasteiger partial charge in [-0.1, -0.05) is 34.8 Å². The minimum atomic E-state index is -0.786. The highest BCUT2D eigenvalue weighted by Crippen LogP contribution is 2.29. The molecule has 0 saturated heterocycles. The van der Waals surface area contributed by atoms with Gasteiger partial charge < -0.3 is 20.5 Å². The minimum absolute atomic E-state index is 0.0512. The number of nitrogens with one attached hydrogen (secondary N) is 1. The van der Waals surface area contributed by atoms with E-state index < -0.39 is 18.5 Å². The van der Waals surface area contributed by atoms with Gasteiger partial charge in [-0.05, 0) is 24.3 Å².